The van der Waals surface area contributed by atoms with Gasteiger partial charge in [-0.25, -0.2) is 4.68 Å². The molecule has 19 heavy (non-hydrogen) atoms. The Balaban J connectivity index is 2.20. The van der Waals surface area contributed by atoms with Gasteiger partial charge in [0.05, 0.1) is 29.7 Å². The van der Waals surface area contributed by atoms with Crippen LogP contribution in [0.25, 0.3) is 16.6 Å². The quantitative estimate of drug-likeness (QED) is 0.705. The number of fused-ring (bicyclic) bond motifs is 1. The molecule has 0 fully saturated rings. The predicted molar refractivity (Wildman–Crippen MR) is 72.7 cm³/mol. The van der Waals surface area contributed by atoms with E-state index in [1.165, 1.54) is 0 Å². The van der Waals surface area contributed by atoms with Gasteiger partial charge in [0.2, 0.25) is 0 Å². The standard InChI is InChI=1S/C14H14N4O/c1-9-10(2)18(17-16-9)11-4-5-12-13(8-11)15-7-6-14(12)19-3/h4-8H,1-3H3. The number of hydrogen-bond acceptors (Lipinski definition) is 4. The summed E-state index contributed by atoms with van der Waals surface area (Å²) < 4.78 is 7.14. The summed E-state index contributed by atoms with van der Waals surface area (Å²) in [6.07, 6.45) is 1.74. The average Bonchev–Trinajstić information content (AvgIpc) is 2.77. The zero-order chi connectivity index (χ0) is 13.4. The Morgan fingerprint density at radius 2 is 2.00 bits per heavy atom. The monoisotopic (exact) mass is 254 g/mol. The van der Waals surface area contributed by atoms with Gasteiger partial charge >= 0.3 is 0 Å². The lowest BCUT2D eigenvalue weighted by Crippen LogP contribution is -1.99. The van der Waals surface area contributed by atoms with Crippen molar-refractivity contribution in [1.82, 2.24) is 20.0 Å². The number of hydrogen-bond donors (Lipinski definition) is 0. The first-order valence-corrected chi connectivity index (χ1v) is 6.03. The minimum Gasteiger partial charge on any atom is -0.496 e. The van der Waals surface area contributed by atoms with E-state index >= 15 is 0 Å². The zero-order valence-corrected chi connectivity index (χ0v) is 11.1. The molecule has 2 heterocycles. The second kappa shape index (κ2) is 4.35. The molecule has 0 aliphatic rings. The molecule has 0 saturated carbocycles. The van der Waals surface area contributed by atoms with Crippen molar-refractivity contribution < 1.29 is 4.74 Å². The average molecular weight is 254 g/mol. The third-order valence-electron chi connectivity index (χ3n) is 3.28. The molecule has 0 amide bonds. The molecule has 96 valence electrons. The summed E-state index contributed by atoms with van der Waals surface area (Å²) in [6, 6.07) is 7.83. The first-order valence-electron chi connectivity index (χ1n) is 6.03. The van der Waals surface area contributed by atoms with Gasteiger partial charge in [0.1, 0.15) is 5.75 Å². The maximum Gasteiger partial charge on any atom is 0.129 e. The molecule has 0 aliphatic heterocycles. The summed E-state index contributed by atoms with van der Waals surface area (Å²) in [4.78, 5) is 4.37. The first kappa shape index (κ1) is 11.6. The first-order chi connectivity index (χ1) is 9.20. The molecule has 0 bridgehead atoms. The summed E-state index contributed by atoms with van der Waals surface area (Å²) in [7, 11) is 1.66. The maximum atomic E-state index is 5.33. The van der Waals surface area contributed by atoms with Gasteiger partial charge in [-0.15, -0.1) is 5.10 Å². The van der Waals surface area contributed by atoms with Crippen molar-refractivity contribution in [2.24, 2.45) is 0 Å². The predicted octanol–water partition coefficient (Wildman–Crippen LogP) is 2.44. The molecule has 0 radical (unpaired) electrons. The van der Waals surface area contributed by atoms with Crippen LogP contribution in [0.2, 0.25) is 0 Å². The summed E-state index contributed by atoms with van der Waals surface area (Å²) >= 11 is 0. The van der Waals surface area contributed by atoms with Gasteiger partial charge in [-0.1, -0.05) is 5.21 Å². The van der Waals surface area contributed by atoms with E-state index in [1.807, 2.05) is 42.8 Å². The van der Waals surface area contributed by atoms with Gasteiger partial charge in [-0.3, -0.25) is 4.98 Å². The van der Waals surface area contributed by atoms with E-state index in [0.717, 1.165) is 33.7 Å². The van der Waals surface area contributed by atoms with E-state index in [9.17, 15) is 0 Å². The van der Waals surface area contributed by atoms with Crippen LogP contribution in [0, 0.1) is 13.8 Å². The lowest BCUT2D eigenvalue weighted by Gasteiger charge is -2.07. The number of pyridine rings is 1. The summed E-state index contributed by atoms with van der Waals surface area (Å²) in [5.74, 6) is 0.822. The molecule has 0 unspecified atom stereocenters. The lowest BCUT2D eigenvalue weighted by molar-refractivity contribution is 0.419. The molecule has 0 aliphatic carbocycles. The van der Waals surface area contributed by atoms with E-state index in [2.05, 4.69) is 15.3 Å². The van der Waals surface area contributed by atoms with Gasteiger partial charge in [-0.2, -0.15) is 0 Å². The second-order valence-corrected chi connectivity index (χ2v) is 4.39. The van der Waals surface area contributed by atoms with Crippen LogP contribution in [0.3, 0.4) is 0 Å². The normalized spacial score (nSPS) is 10.9. The van der Waals surface area contributed by atoms with Gasteiger partial charge in [0, 0.05) is 11.6 Å². The van der Waals surface area contributed by atoms with Crippen molar-refractivity contribution in [2.45, 2.75) is 13.8 Å². The second-order valence-electron chi connectivity index (χ2n) is 4.39. The SMILES string of the molecule is COc1ccnc2cc(-n3nnc(C)c3C)ccc12. The van der Waals surface area contributed by atoms with Gasteiger partial charge < -0.3 is 4.74 Å². The van der Waals surface area contributed by atoms with Crippen molar-refractivity contribution in [3.63, 3.8) is 0 Å². The Bertz CT molecular complexity index is 748. The van der Waals surface area contributed by atoms with Crippen LogP contribution in [0.5, 0.6) is 5.75 Å². The van der Waals surface area contributed by atoms with Crippen LogP contribution in [-0.4, -0.2) is 27.1 Å². The molecule has 0 atom stereocenters. The third kappa shape index (κ3) is 1.83. The molecule has 0 saturated heterocycles. The fourth-order valence-electron chi connectivity index (χ4n) is 2.07. The van der Waals surface area contributed by atoms with Gasteiger partial charge in [0.15, 0.2) is 0 Å². The summed E-state index contributed by atoms with van der Waals surface area (Å²) in [6.45, 7) is 3.94. The molecule has 1 aromatic carbocycles. The van der Waals surface area contributed by atoms with Crippen molar-refractivity contribution in [3.05, 3.63) is 41.9 Å². The maximum absolute atomic E-state index is 5.33. The molecule has 3 rings (SSSR count). The molecular formula is C14H14N4O. The van der Waals surface area contributed by atoms with Crippen molar-refractivity contribution in [2.75, 3.05) is 7.11 Å². The highest BCUT2D eigenvalue weighted by atomic mass is 16.5. The Labute approximate surface area is 110 Å². The van der Waals surface area contributed by atoms with Crippen LogP contribution in [0.1, 0.15) is 11.4 Å². The fraction of sp³-hybridized carbons (Fsp3) is 0.214. The van der Waals surface area contributed by atoms with Crippen LogP contribution in [0.15, 0.2) is 30.5 Å². The Morgan fingerprint density at radius 1 is 1.16 bits per heavy atom. The zero-order valence-electron chi connectivity index (χ0n) is 11.1. The molecule has 3 aromatic rings. The number of ether oxygens (including phenoxy) is 1. The number of rotatable bonds is 2. The van der Waals surface area contributed by atoms with Crippen molar-refractivity contribution >= 4 is 10.9 Å². The Kier molecular flexibility index (Phi) is 2.67. The van der Waals surface area contributed by atoms with Crippen LogP contribution < -0.4 is 4.74 Å². The fourth-order valence-corrected chi connectivity index (χ4v) is 2.07. The van der Waals surface area contributed by atoms with E-state index in [-0.39, 0.29) is 0 Å². The Hall–Kier alpha value is -2.43. The number of benzene rings is 1. The Morgan fingerprint density at radius 3 is 2.68 bits per heavy atom. The number of methoxy groups -OCH3 is 1. The summed E-state index contributed by atoms with van der Waals surface area (Å²) in [5.41, 5.74) is 3.79. The van der Waals surface area contributed by atoms with Crippen molar-refractivity contribution in [3.8, 4) is 11.4 Å². The highest BCUT2D eigenvalue weighted by Gasteiger charge is 2.08. The summed E-state index contributed by atoms with van der Waals surface area (Å²) in [5, 5.41) is 9.21. The molecule has 5 heteroatoms. The number of nitrogens with zero attached hydrogens (tertiary/aromatic N) is 4. The molecular weight excluding hydrogens is 240 g/mol. The molecule has 2 aromatic heterocycles. The van der Waals surface area contributed by atoms with E-state index in [1.54, 1.807) is 13.3 Å². The van der Waals surface area contributed by atoms with Crippen molar-refractivity contribution in [1.29, 1.82) is 0 Å². The highest BCUT2D eigenvalue weighted by molar-refractivity contribution is 5.86. The minimum atomic E-state index is 0.822. The van der Waals surface area contributed by atoms with E-state index in [0.29, 0.717) is 0 Å². The largest absolute Gasteiger partial charge is 0.496 e. The van der Waals surface area contributed by atoms with E-state index < -0.39 is 0 Å². The molecule has 0 spiro atoms. The topological polar surface area (TPSA) is 52.8 Å². The van der Waals surface area contributed by atoms with Crippen LogP contribution in [0.4, 0.5) is 0 Å². The highest BCUT2D eigenvalue weighted by Crippen LogP contribution is 2.25. The van der Waals surface area contributed by atoms with E-state index in [4.69, 9.17) is 4.74 Å². The number of aromatic nitrogens is 4. The van der Waals surface area contributed by atoms with Crippen LogP contribution in [-0.2, 0) is 0 Å². The van der Waals surface area contributed by atoms with Crippen LogP contribution >= 0.6 is 0 Å². The smallest absolute Gasteiger partial charge is 0.129 e. The van der Waals surface area contributed by atoms with Gasteiger partial charge in [0.25, 0.3) is 0 Å². The lowest BCUT2D eigenvalue weighted by atomic mass is 10.2. The van der Waals surface area contributed by atoms with Gasteiger partial charge in [-0.05, 0) is 38.1 Å². The minimum absolute atomic E-state index is 0.822. The molecule has 5 nitrogen and oxygen atoms in total. The third-order valence-corrected chi connectivity index (χ3v) is 3.28. The molecule has 0 N–H and O–H groups in total. The number of aryl methyl sites for hydroxylation is 1.